The van der Waals surface area contributed by atoms with E-state index in [0.717, 1.165) is 12.1 Å². The highest BCUT2D eigenvalue weighted by molar-refractivity contribution is 6.36. The molecular formula is C13H5Cl3F3. The molecule has 0 bridgehead atoms. The molecule has 0 nitrogen and oxygen atoms in total. The summed E-state index contributed by atoms with van der Waals surface area (Å²) in [6, 6.07) is 8.82. The van der Waals surface area contributed by atoms with E-state index < -0.39 is 11.7 Å². The first-order valence-corrected chi connectivity index (χ1v) is 6.15. The van der Waals surface area contributed by atoms with Crippen molar-refractivity contribution >= 4 is 34.8 Å². The lowest BCUT2D eigenvalue weighted by molar-refractivity contribution is -0.137. The minimum absolute atomic E-state index is 0.0239. The van der Waals surface area contributed by atoms with Crippen LogP contribution in [0, 0.1) is 6.07 Å². The van der Waals surface area contributed by atoms with Crippen LogP contribution in [0.4, 0.5) is 13.2 Å². The second-order valence-corrected chi connectivity index (χ2v) is 5.05. The van der Waals surface area contributed by atoms with Crippen LogP contribution in [0.25, 0.3) is 11.1 Å². The lowest BCUT2D eigenvalue weighted by Crippen LogP contribution is -2.04. The van der Waals surface area contributed by atoms with E-state index in [0.29, 0.717) is 10.6 Å². The van der Waals surface area contributed by atoms with Gasteiger partial charge in [0.1, 0.15) is 0 Å². The average Bonchev–Trinajstić information content (AvgIpc) is 2.26. The molecule has 0 aliphatic heterocycles. The molecule has 0 heterocycles. The van der Waals surface area contributed by atoms with E-state index in [1.807, 2.05) is 0 Å². The predicted octanol–water partition coefficient (Wildman–Crippen LogP) is 6.13. The normalized spacial score (nSPS) is 11.7. The molecule has 0 amide bonds. The van der Waals surface area contributed by atoms with Crippen LogP contribution in [0.5, 0.6) is 0 Å². The number of halogens is 6. The van der Waals surface area contributed by atoms with Crippen molar-refractivity contribution in [2.45, 2.75) is 6.18 Å². The molecular weight excluding hydrogens is 319 g/mol. The van der Waals surface area contributed by atoms with Crippen molar-refractivity contribution < 1.29 is 13.2 Å². The number of benzene rings is 2. The first-order chi connectivity index (χ1) is 8.77. The molecule has 2 aromatic rings. The third kappa shape index (κ3) is 3.35. The van der Waals surface area contributed by atoms with Gasteiger partial charge in [-0.1, -0.05) is 34.8 Å². The summed E-state index contributed by atoms with van der Waals surface area (Å²) in [5.74, 6) is 0. The van der Waals surface area contributed by atoms with E-state index in [1.54, 1.807) is 0 Å². The van der Waals surface area contributed by atoms with Gasteiger partial charge < -0.3 is 0 Å². The molecule has 0 aliphatic carbocycles. The van der Waals surface area contributed by atoms with E-state index in [-0.39, 0.29) is 15.6 Å². The van der Waals surface area contributed by atoms with Crippen molar-refractivity contribution in [1.82, 2.24) is 0 Å². The maximum atomic E-state index is 12.7. The zero-order chi connectivity index (χ0) is 14.2. The highest BCUT2D eigenvalue weighted by Gasteiger charge is 2.31. The summed E-state index contributed by atoms with van der Waals surface area (Å²) >= 11 is 17.4. The Balaban J connectivity index is 2.59. The predicted molar refractivity (Wildman–Crippen MR) is 70.7 cm³/mol. The molecule has 0 atom stereocenters. The van der Waals surface area contributed by atoms with Gasteiger partial charge in [-0.15, -0.1) is 0 Å². The third-order valence-corrected chi connectivity index (χ3v) is 3.11. The summed E-state index contributed by atoms with van der Waals surface area (Å²) in [6.07, 6.45) is -4.47. The van der Waals surface area contributed by atoms with Crippen molar-refractivity contribution in [3.05, 3.63) is 57.0 Å². The van der Waals surface area contributed by atoms with Crippen molar-refractivity contribution in [3.63, 3.8) is 0 Å². The second kappa shape index (κ2) is 5.23. The van der Waals surface area contributed by atoms with Crippen LogP contribution >= 0.6 is 34.8 Å². The Morgan fingerprint density at radius 3 is 2.16 bits per heavy atom. The van der Waals surface area contributed by atoms with E-state index in [4.69, 9.17) is 34.8 Å². The van der Waals surface area contributed by atoms with Crippen LogP contribution in [-0.4, -0.2) is 0 Å². The van der Waals surface area contributed by atoms with Gasteiger partial charge >= 0.3 is 6.18 Å². The van der Waals surface area contributed by atoms with Gasteiger partial charge in [0.15, 0.2) is 0 Å². The quantitative estimate of drug-likeness (QED) is 0.591. The Morgan fingerprint density at radius 2 is 1.58 bits per heavy atom. The van der Waals surface area contributed by atoms with Crippen molar-refractivity contribution in [1.29, 1.82) is 0 Å². The summed E-state index contributed by atoms with van der Waals surface area (Å²) in [5, 5.41) is 0.541. The second-order valence-electron chi connectivity index (χ2n) is 3.77. The molecule has 6 heteroatoms. The number of alkyl halides is 3. The molecule has 0 fully saturated rings. The van der Waals surface area contributed by atoms with Crippen LogP contribution in [0.1, 0.15) is 5.56 Å². The first-order valence-electron chi connectivity index (χ1n) is 5.02. The Morgan fingerprint density at radius 1 is 0.895 bits per heavy atom. The van der Waals surface area contributed by atoms with Gasteiger partial charge in [-0.3, -0.25) is 0 Å². The van der Waals surface area contributed by atoms with E-state index in [9.17, 15) is 13.2 Å². The van der Waals surface area contributed by atoms with Crippen LogP contribution < -0.4 is 0 Å². The van der Waals surface area contributed by atoms with Gasteiger partial charge in [0.05, 0.1) is 10.6 Å². The summed E-state index contributed by atoms with van der Waals surface area (Å²) in [4.78, 5) is 0. The zero-order valence-electron chi connectivity index (χ0n) is 9.15. The van der Waals surface area contributed by atoms with Crippen LogP contribution in [0.3, 0.4) is 0 Å². The molecule has 0 aliphatic rings. The molecule has 0 saturated carbocycles. The molecule has 19 heavy (non-hydrogen) atoms. The number of rotatable bonds is 1. The maximum Gasteiger partial charge on any atom is 0.416 e. The Hall–Kier alpha value is -0.900. The van der Waals surface area contributed by atoms with Crippen molar-refractivity contribution in [2.75, 3.05) is 0 Å². The van der Waals surface area contributed by atoms with E-state index in [2.05, 4.69) is 6.07 Å². The smallest absolute Gasteiger partial charge is 0.166 e. The van der Waals surface area contributed by atoms with Gasteiger partial charge in [0, 0.05) is 15.6 Å². The Labute approximate surface area is 122 Å². The van der Waals surface area contributed by atoms with Gasteiger partial charge in [-0.2, -0.15) is 13.2 Å². The molecule has 0 unspecified atom stereocenters. The standard InChI is InChI=1S/C13H5Cl3F3/c14-9-1-2-11(12(16)6-9)7-3-8(13(17,18)19)5-10(15)4-7/h1,3-6H. The molecule has 0 N–H and O–H groups in total. The fourth-order valence-electron chi connectivity index (χ4n) is 1.56. The van der Waals surface area contributed by atoms with Crippen molar-refractivity contribution in [2.24, 2.45) is 0 Å². The molecule has 0 aromatic heterocycles. The van der Waals surface area contributed by atoms with Crippen LogP contribution in [-0.2, 0) is 6.18 Å². The molecule has 2 aromatic carbocycles. The van der Waals surface area contributed by atoms with Crippen molar-refractivity contribution in [3.8, 4) is 11.1 Å². The SMILES string of the molecule is FC(F)(F)c1cc(Cl)cc(-c2[c]cc(Cl)cc2Cl)c1. The molecule has 0 spiro atoms. The van der Waals surface area contributed by atoms with E-state index >= 15 is 0 Å². The van der Waals surface area contributed by atoms with Gasteiger partial charge in [-0.05, 0) is 42.0 Å². The van der Waals surface area contributed by atoms with Gasteiger partial charge in [0.25, 0.3) is 0 Å². The maximum absolute atomic E-state index is 12.7. The average molecular weight is 325 g/mol. The first kappa shape index (κ1) is 14.5. The molecule has 0 saturated heterocycles. The van der Waals surface area contributed by atoms with E-state index in [1.165, 1.54) is 18.2 Å². The third-order valence-electron chi connectivity index (χ3n) is 2.37. The lowest BCUT2D eigenvalue weighted by Gasteiger charge is -2.11. The number of hydrogen-bond donors (Lipinski definition) is 0. The topological polar surface area (TPSA) is 0 Å². The summed E-state index contributed by atoms with van der Waals surface area (Å²) < 4.78 is 38.1. The highest BCUT2D eigenvalue weighted by Crippen LogP contribution is 2.37. The molecule has 2 rings (SSSR count). The lowest BCUT2D eigenvalue weighted by atomic mass is 10.0. The summed E-state index contributed by atoms with van der Waals surface area (Å²) in [5.41, 5.74) is -0.282. The Kier molecular flexibility index (Phi) is 4.00. The fourth-order valence-corrected chi connectivity index (χ4v) is 2.30. The monoisotopic (exact) mass is 323 g/mol. The molecule has 1 radical (unpaired) electrons. The summed E-state index contributed by atoms with van der Waals surface area (Å²) in [7, 11) is 0. The van der Waals surface area contributed by atoms with Crippen LogP contribution in [0.15, 0.2) is 30.3 Å². The molecule has 99 valence electrons. The largest absolute Gasteiger partial charge is 0.416 e. The minimum atomic E-state index is -4.47. The Bertz CT molecular complexity index is 621. The number of hydrogen-bond acceptors (Lipinski definition) is 0. The fraction of sp³-hybridized carbons (Fsp3) is 0.0769. The highest BCUT2D eigenvalue weighted by atomic mass is 35.5. The zero-order valence-corrected chi connectivity index (χ0v) is 11.4. The minimum Gasteiger partial charge on any atom is -0.166 e. The van der Waals surface area contributed by atoms with Crippen LogP contribution in [0.2, 0.25) is 15.1 Å². The van der Waals surface area contributed by atoms with Gasteiger partial charge in [0.2, 0.25) is 0 Å². The summed E-state index contributed by atoms with van der Waals surface area (Å²) in [6.45, 7) is 0. The van der Waals surface area contributed by atoms with Gasteiger partial charge in [-0.25, -0.2) is 0 Å².